The van der Waals surface area contributed by atoms with Crippen LogP contribution in [0.2, 0.25) is 0 Å². The van der Waals surface area contributed by atoms with Crippen LogP contribution >= 0.6 is 11.8 Å². The van der Waals surface area contributed by atoms with E-state index in [0.29, 0.717) is 6.42 Å². The number of hydrogen-bond acceptors (Lipinski definition) is 5. The van der Waals surface area contributed by atoms with Crippen LogP contribution in [0.5, 0.6) is 0 Å². The maximum Gasteiger partial charge on any atom is 0.328 e. The van der Waals surface area contributed by atoms with Gasteiger partial charge in [0.2, 0.25) is 5.91 Å². The number of nitrogens with one attached hydrogen (secondary N) is 1. The minimum absolute atomic E-state index is 0.00867. The van der Waals surface area contributed by atoms with Gasteiger partial charge in [0.1, 0.15) is 11.3 Å². The van der Waals surface area contributed by atoms with Gasteiger partial charge < -0.3 is 15.2 Å². The summed E-state index contributed by atoms with van der Waals surface area (Å²) < 4.78 is 4.67. The fourth-order valence-electron chi connectivity index (χ4n) is 1.55. The highest BCUT2D eigenvalue weighted by atomic mass is 32.2. The van der Waals surface area contributed by atoms with Crippen molar-refractivity contribution in [3.05, 3.63) is 0 Å². The molecule has 0 heterocycles. The second-order valence-electron chi connectivity index (χ2n) is 4.50. The number of carbonyl (C=O) groups is 3. The first kappa shape index (κ1) is 18.8. The smallest absolute Gasteiger partial charge is 0.328 e. The lowest BCUT2D eigenvalue weighted by Crippen LogP contribution is -2.46. The first-order valence-corrected chi connectivity index (χ1v) is 7.63. The summed E-state index contributed by atoms with van der Waals surface area (Å²) in [5.41, 5.74) is 0. The topological polar surface area (TPSA) is 92.7 Å². The monoisotopic (exact) mass is 305 g/mol. The molecule has 0 radical (unpaired) electrons. The molecule has 20 heavy (non-hydrogen) atoms. The van der Waals surface area contributed by atoms with E-state index in [4.69, 9.17) is 5.11 Å². The molecule has 0 fully saturated rings. The summed E-state index contributed by atoms with van der Waals surface area (Å²) in [4.78, 5) is 34.3. The summed E-state index contributed by atoms with van der Waals surface area (Å²) in [6, 6.07) is -0.692. The van der Waals surface area contributed by atoms with E-state index < -0.39 is 23.2 Å². The third kappa shape index (κ3) is 6.27. The standard InChI is InChI=1S/C13H23NO5S/c1-5-8(3)11(13(18)19-4)14-10(15)7-20-9(6-2)12(16)17/h8-9,11H,5-7H2,1-4H3,(H,14,15)(H,16,17). The van der Waals surface area contributed by atoms with Crippen molar-refractivity contribution >= 4 is 29.6 Å². The van der Waals surface area contributed by atoms with Crippen molar-refractivity contribution < 1.29 is 24.2 Å². The van der Waals surface area contributed by atoms with E-state index >= 15 is 0 Å². The third-order valence-electron chi connectivity index (χ3n) is 3.05. The average Bonchev–Trinajstić information content (AvgIpc) is 2.43. The minimum atomic E-state index is -0.934. The number of carboxylic acid groups (broad SMARTS) is 1. The average molecular weight is 305 g/mol. The van der Waals surface area contributed by atoms with E-state index in [1.54, 1.807) is 6.92 Å². The van der Waals surface area contributed by atoms with Crippen LogP contribution in [0.3, 0.4) is 0 Å². The summed E-state index contributed by atoms with van der Waals surface area (Å²) in [6.45, 7) is 5.51. The Bertz CT molecular complexity index is 348. The number of esters is 1. The molecule has 3 atom stereocenters. The van der Waals surface area contributed by atoms with Gasteiger partial charge in [-0.3, -0.25) is 9.59 Å². The maximum atomic E-state index is 11.8. The van der Waals surface area contributed by atoms with Gasteiger partial charge in [-0.05, 0) is 12.3 Å². The van der Waals surface area contributed by atoms with Crippen molar-refractivity contribution in [2.24, 2.45) is 5.92 Å². The number of amides is 1. The Morgan fingerprint density at radius 2 is 1.85 bits per heavy atom. The Kier molecular flexibility index (Phi) is 9.03. The van der Waals surface area contributed by atoms with Crippen LogP contribution in [-0.2, 0) is 19.1 Å². The maximum absolute atomic E-state index is 11.8. The van der Waals surface area contributed by atoms with Crippen LogP contribution in [-0.4, -0.2) is 47.1 Å². The second-order valence-corrected chi connectivity index (χ2v) is 5.69. The molecule has 0 saturated heterocycles. The van der Waals surface area contributed by atoms with Gasteiger partial charge in [-0.2, -0.15) is 0 Å². The molecule has 0 aliphatic rings. The van der Waals surface area contributed by atoms with E-state index in [2.05, 4.69) is 10.1 Å². The molecule has 0 saturated carbocycles. The van der Waals surface area contributed by atoms with Gasteiger partial charge in [0.15, 0.2) is 0 Å². The highest BCUT2D eigenvalue weighted by molar-refractivity contribution is 8.01. The van der Waals surface area contributed by atoms with Crippen molar-refractivity contribution in [3.63, 3.8) is 0 Å². The Labute approximate surface area is 123 Å². The van der Waals surface area contributed by atoms with Gasteiger partial charge in [-0.1, -0.05) is 27.2 Å². The molecule has 7 heteroatoms. The molecule has 6 nitrogen and oxygen atoms in total. The summed E-state index contributed by atoms with van der Waals surface area (Å²) in [6.07, 6.45) is 1.17. The van der Waals surface area contributed by atoms with Crippen molar-refractivity contribution in [1.29, 1.82) is 0 Å². The number of carboxylic acids is 1. The SMILES string of the molecule is CCC(SCC(=O)NC(C(=O)OC)C(C)CC)C(=O)O. The molecule has 1 amide bonds. The third-order valence-corrected chi connectivity index (χ3v) is 4.41. The molecule has 2 N–H and O–H groups in total. The quantitative estimate of drug-likeness (QED) is 0.624. The Hall–Kier alpha value is -1.24. The first-order chi connectivity index (χ1) is 9.37. The van der Waals surface area contributed by atoms with Gasteiger partial charge in [0.25, 0.3) is 0 Å². The lowest BCUT2D eigenvalue weighted by Gasteiger charge is -2.22. The molecule has 3 unspecified atom stereocenters. The van der Waals surface area contributed by atoms with Crippen molar-refractivity contribution in [2.75, 3.05) is 12.9 Å². The fraction of sp³-hybridized carbons (Fsp3) is 0.769. The van der Waals surface area contributed by atoms with E-state index in [1.807, 2.05) is 13.8 Å². The van der Waals surface area contributed by atoms with E-state index in [-0.39, 0.29) is 17.6 Å². The van der Waals surface area contributed by atoms with Crippen LogP contribution in [0.1, 0.15) is 33.6 Å². The van der Waals surface area contributed by atoms with Gasteiger partial charge in [0, 0.05) is 0 Å². The predicted octanol–water partition coefficient (Wildman–Crippen LogP) is 1.29. The Balaban J connectivity index is 4.46. The zero-order valence-corrected chi connectivity index (χ0v) is 13.2. The molecule has 0 aliphatic carbocycles. The molecule has 0 spiro atoms. The number of hydrogen-bond donors (Lipinski definition) is 2. The van der Waals surface area contributed by atoms with Crippen LogP contribution < -0.4 is 5.32 Å². The highest BCUT2D eigenvalue weighted by Gasteiger charge is 2.27. The molecular formula is C13H23NO5S. The summed E-state index contributed by atoms with van der Waals surface area (Å²) in [5, 5.41) is 10.9. The summed E-state index contributed by atoms with van der Waals surface area (Å²) in [5.74, 6) is -1.81. The normalized spacial score (nSPS) is 15.0. The highest BCUT2D eigenvalue weighted by Crippen LogP contribution is 2.15. The van der Waals surface area contributed by atoms with Crippen LogP contribution in [0.15, 0.2) is 0 Å². The van der Waals surface area contributed by atoms with Crippen molar-refractivity contribution in [3.8, 4) is 0 Å². The molecule has 0 aliphatic heterocycles. The van der Waals surface area contributed by atoms with Crippen molar-refractivity contribution in [2.45, 2.75) is 44.9 Å². The van der Waals surface area contributed by atoms with E-state index in [1.165, 1.54) is 7.11 Å². The number of methoxy groups -OCH3 is 1. The van der Waals surface area contributed by atoms with Crippen LogP contribution in [0.4, 0.5) is 0 Å². The Morgan fingerprint density at radius 3 is 2.25 bits per heavy atom. The predicted molar refractivity (Wildman–Crippen MR) is 77.6 cm³/mol. The van der Waals surface area contributed by atoms with Gasteiger partial charge in [0.05, 0.1) is 12.9 Å². The summed E-state index contributed by atoms with van der Waals surface area (Å²) in [7, 11) is 1.27. The van der Waals surface area contributed by atoms with Gasteiger partial charge >= 0.3 is 11.9 Å². The Morgan fingerprint density at radius 1 is 1.25 bits per heavy atom. The first-order valence-electron chi connectivity index (χ1n) is 6.58. The number of ether oxygens (including phenoxy) is 1. The molecule has 0 aromatic carbocycles. The van der Waals surface area contributed by atoms with Crippen LogP contribution in [0.25, 0.3) is 0 Å². The second kappa shape index (κ2) is 9.63. The largest absolute Gasteiger partial charge is 0.480 e. The zero-order valence-electron chi connectivity index (χ0n) is 12.3. The molecule has 0 aromatic rings. The van der Waals surface area contributed by atoms with E-state index in [9.17, 15) is 14.4 Å². The fourth-order valence-corrected chi connectivity index (χ4v) is 2.37. The molecule has 0 aromatic heterocycles. The summed E-state index contributed by atoms with van der Waals surface area (Å²) >= 11 is 1.05. The van der Waals surface area contributed by atoms with Crippen LogP contribution in [0, 0.1) is 5.92 Å². The molecule has 0 bridgehead atoms. The minimum Gasteiger partial charge on any atom is -0.480 e. The van der Waals surface area contributed by atoms with Gasteiger partial charge in [-0.25, -0.2) is 4.79 Å². The number of carbonyl (C=O) groups excluding carboxylic acids is 2. The lowest BCUT2D eigenvalue weighted by atomic mass is 9.99. The lowest BCUT2D eigenvalue weighted by molar-refractivity contribution is -0.146. The zero-order chi connectivity index (χ0) is 15.7. The number of thioether (sulfide) groups is 1. The number of aliphatic carboxylic acids is 1. The molecular weight excluding hydrogens is 282 g/mol. The van der Waals surface area contributed by atoms with Gasteiger partial charge in [-0.15, -0.1) is 11.8 Å². The van der Waals surface area contributed by atoms with Crippen molar-refractivity contribution in [1.82, 2.24) is 5.32 Å². The molecule has 116 valence electrons. The van der Waals surface area contributed by atoms with E-state index in [0.717, 1.165) is 18.2 Å². The molecule has 0 rings (SSSR count). The number of rotatable bonds is 9.